The summed E-state index contributed by atoms with van der Waals surface area (Å²) in [6.45, 7) is 7.65. The van der Waals surface area contributed by atoms with E-state index in [1.165, 1.54) is 15.9 Å². The van der Waals surface area contributed by atoms with Gasteiger partial charge >= 0.3 is 5.97 Å². The van der Waals surface area contributed by atoms with E-state index >= 15 is 0 Å². The first-order chi connectivity index (χ1) is 22.0. The maximum absolute atomic E-state index is 14.3. The summed E-state index contributed by atoms with van der Waals surface area (Å²) in [7, 11) is 1.56. The molecule has 240 valence electrons. The third kappa shape index (κ3) is 7.15. The second kappa shape index (κ2) is 14.6. The highest BCUT2D eigenvalue weighted by Crippen LogP contribution is 2.37. The number of para-hydroxylation sites is 1. The maximum Gasteiger partial charge on any atom is 0.338 e. The second-order valence-corrected chi connectivity index (χ2v) is 13.7. The summed E-state index contributed by atoms with van der Waals surface area (Å²) in [6, 6.07) is 15.5. The fourth-order valence-corrected chi connectivity index (χ4v) is 7.20. The smallest absolute Gasteiger partial charge is 0.338 e. The molecule has 0 aliphatic carbocycles. The number of esters is 1. The fourth-order valence-electron chi connectivity index (χ4n) is 5.09. The number of hydrogen-bond donors (Lipinski definition) is 0. The SMILES string of the molecule is CCOC(=O)C1=C(C)N=c2s/c(=C\c3cc(I)cc(OC)c3OCc3ccc(Cl)cc3Cl)c(=O)n2[C@H]1c1ccccc1OC(C)C. The highest BCUT2D eigenvalue weighted by Gasteiger charge is 2.35. The van der Waals surface area contributed by atoms with Crippen molar-refractivity contribution in [3.63, 3.8) is 0 Å². The zero-order chi connectivity index (χ0) is 33.1. The number of rotatable bonds is 10. The Morgan fingerprint density at radius 3 is 2.59 bits per heavy atom. The third-order valence-electron chi connectivity index (χ3n) is 7.04. The molecule has 46 heavy (non-hydrogen) atoms. The van der Waals surface area contributed by atoms with E-state index in [1.54, 1.807) is 45.2 Å². The first kappa shape index (κ1) is 34.0. The van der Waals surface area contributed by atoms with Crippen LogP contribution in [-0.4, -0.2) is 30.4 Å². The van der Waals surface area contributed by atoms with Crippen LogP contribution in [0.4, 0.5) is 0 Å². The quantitative estimate of drug-likeness (QED) is 0.126. The van der Waals surface area contributed by atoms with E-state index in [9.17, 15) is 9.59 Å². The van der Waals surface area contributed by atoms with Gasteiger partial charge in [-0.15, -0.1) is 0 Å². The van der Waals surface area contributed by atoms with E-state index in [1.807, 2.05) is 50.2 Å². The Morgan fingerprint density at radius 1 is 1.13 bits per heavy atom. The van der Waals surface area contributed by atoms with Gasteiger partial charge in [-0.25, -0.2) is 9.79 Å². The molecule has 12 heteroatoms. The van der Waals surface area contributed by atoms with Crippen LogP contribution in [0, 0.1) is 3.57 Å². The van der Waals surface area contributed by atoms with Crippen LogP contribution in [0.5, 0.6) is 17.2 Å². The number of aromatic nitrogens is 1. The Balaban J connectivity index is 1.69. The van der Waals surface area contributed by atoms with Gasteiger partial charge in [0.05, 0.1) is 35.6 Å². The molecule has 0 saturated carbocycles. The van der Waals surface area contributed by atoms with Crippen LogP contribution in [-0.2, 0) is 16.1 Å². The van der Waals surface area contributed by atoms with Crippen molar-refractivity contribution >= 4 is 69.2 Å². The molecule has 4 aromatic rings. The molecule has 0 bridgehead atoms. The number of benzene rings is 3. The van der Waals surface area contributed by atoms with Crippen molar-refractivity contribution in [3.8, 4) is 17.2 Å². The van der Waals surface area contributed by atoms with Gasteiger partial charge in [-0.05, 0) is 86.7 Å². The van der Waals surface area contributed by atoms with Gasteiger partial charge < -0.3 is 18.9 Å². The van der Waals surface area contributed by atoms with E-state index in [0.717, 1.165) is 9.13 Å². The van der Waals surface area contributed by atoms with Gasteiger partial charge in [0.15, 0.2) is 16.3 Å². The molecule has 8 nitrogen and oxygen atoms in total. The number of methoxy groups -OCH3 is 1. The lowest BCUT2D eigenvalue weighted by molar-refractivity contribution is -0.139. The summed E-state index contributed by atoms with van der Waals surface area (Å²) >= 11 is 15.9. The maximum atomic E-state index is 14.3. The van der Waals surface area contributed by atoms with Gasteiger partial charge in [-0.1, -0.05) is 58.8 Å². The van der Waals surface area contributed by atoms with Gasteiger partial charge in [0.25, 0.3) is 5.56 Å². The summed E-state index contributed by atoms with van der Waals surface area (Å²) in [5.41, 5.74) is 2.44. The number of carbonyl (C=O) groups is 1. The van der Waals surface area contributed by atoms with Crippen molar-refractivity contribution in [1.29, 1.82) is 0 Å². The van der Waals surface area contributed by atoms with Crippen molar-refractivity contribution in [2.45, 2.75) is 46.4 Å². The second-order valence-electron chi connectivity index (χ2n) is 10.6. The molecular formula is C34H31Cl2IN2O6S. The lowest BCUT2D eigenvalue weighted by atomic mass is 9.95. The van der Waals surface area contributed by atoms with Crippen molar-refractivity contribution in [2.75, 3.05) is 13.7 Å². The van der Waals surface area contributed by atoms with Gasteiger partial charge in [0.1, 0.15) is 18.4 Å². The Bertz CT molecular complexity index is 2020. The number of hydrogen-bond acceptors (Lipinski definition) is 8. The molecule has 0 spiro atoms. The van der Waals surface area contributed by atoms with Crippen LogP contribution in [0.15, 0.2) is 75.7 Å². The summed E-state index contributed by atoms with van der Waals surface area (Å²) < 4.78 is 26.3. The first-order valence-electron chi connectivity index (χ1n) is 14.4. The highest BCUT2D eigenvalue weighted by molar-refractivity contribution is 14.1. The normalized spacial score (nSPS) is 14.6. The molecule has 1 aromatic heterocycles. The average Bonchev–Trinajstić information content (AvgIpc) is 3.30. The highest BCUT2D eigenvalue weighted by atomic mass is 127. The number of ether oxygens (including phenoxy) is 4. The molecule has 5 rings (SSSR count). The van der Waals surface area contributed by atoms with Gasteiger partial charge in [-0.3, -0.25) is 9.36 Å². The average molecular weight is 794 g/mol. The van der Waals surface area contributed by atoms with Crippen LogP contribution >= 0.6 is 57.1 Å². The molecule has 0 unspecified atom stereocenters. The van der Waals surface area contributed by atoms with Gasteiger partial charge in [0.2, 0.25) is 0 Å². The van der Waals surface area contributed by atoms with E-state index in [0.29, 0.717) is 53.5 Å². The van der Waals surface area contributed by atoms with E-state index in [4.69, 9.17) is 47.1 Å². The molecule has 3 aromatic carbocycles. The molecule has 0 saturated heterocycles. The van der Waals surface area contributed by atoms with Crippen molar-refractivity contribution in [3.05, 3.63) is 116 Å². The summed E-state index contributed by atoms with van der Waals surface area (Å²) in [5, 5.41) is 0.996. The minimum absolute atomic E-state index is 0.134. The molecule has 1 aliphatic rings. The Labute approximate surface area is 294 Å². The van der Waals surface area contributed by atoms with Crippen molar-refractivity contribution in [2.24, 2.45) is 4.99 Å². The molecule has 1 aliphatic heterocycles. The van der Waals surface area contributed by atoms with Crippen LogP contribution in [0.25, 0.3) is 6.08 Å². The molecule has 0 fully saturated rings. The molecule has 0 amide bonds. The first-order valence-corrected chi connectivity index (χ1v) is 17.1. The van der Waals surface area contributed by atoms with Gasteiger partial charge in [0, 0.05) is 30.3 Å². The number of carbonyl (C=O) groups excluding carboxylic acids is 1. The standard InChI is InChI=1S/C34H31Cl2IN2O6S/c1-6-43-33(41)29-19(4)38-34-39(30(29)24-9-7-8-10-26(24)45-18(2)3)32(40)28(46-34)14-21-13-23(37)16-27(42-5)31(21)44-17-20-11-12-22(35)15-25(20)36/h7-16,18,30H,6,17H2,1-5H3/b28-14-/t30-/m0/s1. The molecular weight excluding hydrogens is 762 g/mol. The number of allylic oxidation sites excluding steroid dienone is 1. The summed E-state index contributed by atoms with van der Waals surface area (Å²) in [5.74, 6) is 0.957. The van der Waals surface area contributed by atoms with E-state index in [2.05, 4.69) is 22.6 Å². The van der Waals surface area contributed by atoms with Crippen LogP contribution in [0.2, 0.25) is 10.0 Å². The molecule has 0 N–H and O–H groups in total. The van der Waals surface area contributed by atoms with Crippen molar-refractivity contribution < 1.29 is 23.7 Å². The van der Waals surface area contributed by atoms with Crippen LogP contribution in [0.1, 0.15) is 50.4 Å². The minimum atomic E-state index is -0.819. The Kier molecular flexibility index (Phi) is 10.8. The Morgan fingerprint density at radius 2 is 1.89 bits per heavy atom. The zero-order valence-electron chi connectivity index (χ0n) is 25.7. The number of nitrogens with zero attached hydrogens (tertiary/aromatic N) is 2. The van der Waals surface area contributed by atoms with Crippen molar-refractivity contribution in [1.82, 2.24) is 4.57 Å². The summed E-state index contributed by atoms with van der Waals surface area (Å²) in [4.78, 5) is 32.9. The predicted octanol–water partition coefficient (Wildman–Crippen LogP) is 7.08. The number of fused-ring (bicyclic) bond motifs is 1. The van der Waals surface area contributed by atoms with Crippen LogP contribution < -0.4 is 29.1 Å². The van der Waals surface area contributed by atoms with Gasteiger partial charge in [-0.2, -0.15) is 0 Å². The summed E-state index contributed by atoms with van der Waals surface area (Å²) in [6.07, 6.45) is 1.62. The minimum Gasteiger partial charge on any atom is -0.493 e. The number of halogens is 3. The third-order valence-corrected chi connectivity index (χ3v) is 9.23. The zero-order valence-corrected chi connectivity index (χ0v) is 30.2. The number of thiazole rings is 1. The van der Waals surface area contributed by atoms with E-state index < -0.39 is 12.0 Å². The Hall–Kier alpha value is -3.32. The van der Waals surface area contributed by atoms with E-state index in [-0.39, 0.29) is 30.5 Å². The largest absolute Gasteiger partial charge is 0.493 e. The predicted molar refractivity (Wildman–Crippen MR) is 189 cm³/mol. The monoisotopic (exact) mass is 792 g/mol. The molecule has 0 radical (unpaired) electrons. The molecule has 1 atom stereocenters. The molecule has 2 heterocycles. The lowest BCUT2D eigenvalue weighted by Gasteiger charge is -2.26. The van der Waals surface area contributed by atoms with Crippen LogP contribution in [0.3, 0.4) is 0 Å². The topological polar surface area (TPSA) is 88.4 Å². The fraction of sp³-hybridized carbons (Fsp3) is 0.265. The lowest BCUT2D eigenvalue weighted by Crippen LogP contribution is -2.40.